The zero-order chi connectivity index (χ0) is 38.9. The minimum atomic E-state index is -1.03. The number of aryl methyl sites for hydroxylation is 1. The molecule has 1 fully saturated rings. The van der Waals surface area contributed by atoms with E-state index in [2.05, 4.69) is 73.8 Å². The molecule has 6 rings (SSSR count). The second-order valence-electron chi connectivity index (χ2n) is 15.0. The van der Waals surface area contributed by atoms with Gasteiger partial charge in [-0.25, -0.2) is 14.5 Å². The van der Waals surface area contributed by atoms with E-state index in [0.29, 0.717) is 41.7 Å². The summed E-state index contributed by atoms with van der Waals surface area (Å²) in [5.74, 6) is 3.86. The van der Waals surface area contributed by atoms with Crippen molar-refractivity contribution in [1.29, 1.82) is 0 Å². The predicted molar refractivity (Wildman–Crippen MR) is 217 cm³/mol. The number of pyridine rings is 1. The van der Waals surface area contributed by atoms with Crippen LogP contribution < -0.4 is 24.0 Å². The van der Waals surface area contributed by atoms with Gasteiger partial charge in [0.15, 0.2) is 11.5 Å². The molecule has 5 aromatic rings. The number of fused-ring (bicyclic) bond motifs is 1. The summed E-state index contributed by atoms with van der Waals surface area (Å²) < 4.78 is 19.1. The molecule has 12 nitrogen and oxygen atoms in total. The Morgan fingerprint density at radius 3 is 1.98 bits per heavy atom. The first kappa shape index (κ1) is 39.7. The monoisotopic (exact) mass is 750 g/mol. The number of hydrogen-bond acceptors (Lipinski definition) is 11. The van der Waals surface area contributed by atoms with Crippen LogP contribution in [0, 0.1) is 12.8 Å². The smallest absolute Gasteiger partial charge is 0.336 e. The van der Waals surface area contributed by atoms with E-state index >= 15 is 0 Å². The lowest BCUT2D eigenvalue weighted by Gasteiger charge is -2.34. The zero-order valence-electron chi connectivity index (χ0n) is 33.6. The van der Waals surface area contributed by atoms with E-state index in [0.717, 1.165) is 92.2 Å². The molecule has 0 radical (unpaired) electrons. The first-order valence-corrected chi connectivity index (χ1v) is 19.7. The highest BCUT2D eigenvalue weighted by atomic mass is 16.5. The second kappa shape index (κ2) is 18.6. The fourth-order valence-electron chi connectivity index (χ4n) is 7.56. The number of ether oxygens (including phenoxy) is 3. The van der Waals surface area contributed by atoms with E-state index in [1.807, 2.05) is 30.3 Å². The van der Waals surface area contributed by atoms with Crippen LogP contribution in [0.4, 0.5) is 11.6 Å². The number of aliphatic hydroxyl groups excluding tert-OH is 1. The molecule has 0 spiro atoms. The van der Waals surface area contributed by atoms with Crippen LogP contribution in [-0.4, -0.2) is 88.6 Å². The van der Waals surface area contributed by atoms with Gasteiger partial charge in [0.05, 0.1) is 26.1 Å². The molecule has 294 valence electrons. The van der Waals surface area contributed by atoms with Crippen LogP contribution in [0.25, 0.3) is 5.65 Å². The van der Waals surface area contributed by atoms with E-state index in [9.17, 15) is 5.11 Å². The van der Waals surface area contributed by atoms with E-state index in [1.54, 1.807) is 31.1 Å². The lowest BCUT2D eigenvalue weighted by atomic mass is 9.96. The normalized spacial score (nSPS) is 14.2. The van der Waals surface area contributed by atoms with Crippen molar-refractivity contribution in [3.63, 3.8) is 0 Å². The molecule has 4 heterocycles. The highest BCUT2D eigenvalue weighted by Crippen LogP contribution is 2.32. The van der Waals surface area contributed by atoms with Crippen molar-refractivity contribution in [2.45, 2.75) is 84.6 Å². The SMILES string of the molecule is CCCC(CCC)Oc1nc(N(Cc2ccc(OC)cc2)Cc2ccc(OC)cc2)c2ncc(C(O)c3cnc(N4CCC(CN(C)C)CC4)c(C)c3)n2n1. The standard InChI is InChI=1S/C43H58N8O4/c1-8-10-37(11-9-2)55-43-46-42(50(28-31-12-16-35(53-6)17-13-31)29-32-14-18-36(54-7)19-15-32)41-45-26-38(51(41)47-43)39(52)34-24-30(3)40(44-25-34)49-22-20-33(21-23-49)27-48(4)5/h12-19,24-26,33,37,39,52H,8-11,20-23,27-29H2,1-7H3. The summed E-state index contributed by atoms with van der Waals surface area (Å²) in [6.45, 7) is 10.5. The molecule has 0 bridgehead atoms. The number of rotatable bonds is 18. The van der Waals surface area contributed by atoms with Gasteiger partial charge in [-0.3, -0.25) is 0 Å². The van der Waals surface area contributed by atoms with Crippen molar-refractivity contribution >= 4 is 17.3 Å². The molecule has 3 aromatic heterocycles. The molecule has 1 atom stereocenters. The Bertz CT molecular complexity index is 1900. The Kier molecular flexibility index (Phi) is 13.4. The van der Waals surface area contributed by atoms with Gasteiger partial charge in [-0.2, -0.15) is 4.98 Å². The Hall–Kier alpha value is -4.94. The van der Waals surface area contributed by atoms with E-state index < -0.39 is 6.10 Å². The summed E-state index contributed by atoms with van der Waals surface area (Å²) in [4.78, 5) is 21.7. The molecule has 1 aliphatic heterocycles. The fourth-order valence-corrected chi connectivity index (χ4v) is 7.56. The van der Waals surface area contributed by atoms with Gasteiger partial charge in [0.1, 0.15) is 29.5 Å². The van der Waals surface area contributed by atoms with Crippen molar-refractivity contribution in [3.8, 4) is 17.5 Å². The molecular weight excluding hydrogens is 693 g/mol. The van der Waals surface area contributed by atoms with Gasteiger partial charge in [-0.1, -0.05) is 51.0 Å². The summed E-state index contributed by atoms with van der Waals surface area (Å²) in [5, 5.41) is 16.9. The topological polar surface area (TPSA) is 114 Å². The summed E-state index contributed by atoms with van der Waals surface area (Å²) in [7, 11) is 7.62. The zero-order valence-corrected chi connectivity index (χ0v) is 33.6. The molecule has 1 unspecified atom stereocenters. The Morgan fingerprint density at radius 2 is 1.45 bits per heavy atom. The second-order valence-corrected chi connectivity index (χ2v) is 15.0. The first-order chi connectivity index (χ1) is 26.7. The number of anilines is 2. The van der Waals surface area contributed by atoms with Crippen LogP contribution in [0.2, 0.25) is 0 Å². The average Bonchev–Trinajstić information content (AvgIpc) is 3.62. The highest BCUT2D eigenvalue weighted by Gasteiger charge is 2.27. The maximum atomic E-state index is 12.0. The number of hydrogen-bond donors (Lipinski definition) is 1. The third-order valence-electron chi connectivity index (χ3n) is 10.4. The molecule has 0 aliphatic carbocycles. The molecule has 0 amide bonds. The van der Waals surface area contributed by atoms with E-state index in [4.69, 9.17) is 34.3 Å². The van der Waals surface area contributed by atoms with Gasteiger partial charge in [0.2, 0.25) is 0 Å². The van der Waals surface area contributed by atoms with Crippen molar-refractivity contribution in [2.24, 2.45) is 5.92 Å². The molecule has 1 saturated heterocycles. The average molecular weight is 751 g/mol. The van der Waals surface area contributed by atoms with Gasteiger partial charge >= 0.3 is 6.01 Å². The van der Waals surface area contributed by atoms with Crippen LogP contribution in [-0.2, 0) is 13.1 Å². The number of benzene rings is 2. The Labute approximate surface area is 326 Å². The van der Waals surface area contributed by atoms with Gasteiger partial charge < -0.3 is 34.0 Å². The molecule has 12 heteroatoms. The Balaban J connectivity index is 1.38. The molecule has 1 aliphatic rings. The van der Waals surface area contributed by atoms with Crippen LogP contribution in [0.15, 0.2) is 67.0 Å². The van der Waals surface area contributed by atoms with Crippen LogP contribution in [0.3, 0.4) is 0 Å². The maximum Gasteiger partial charge on any atom is 0.336 e. The first-order valence-electron chi connectivity index (χ1n) is 19.7. The lowest BCUT2D eigenvalue weighted by molar-refractivity contribution is 0.160. The summed E-state index contributed by atoms with van der Waals surface area (Å²) >= 11 is 0. The van der Waals surface area contributed by atoms with Crippen molar-refractivity contribution < 1.29 is 19.3 Å². The molecular formula is C43H58N8O4. The van der Waals surface area contributed by atoms with Gasteiger partial charge in [-0.15, -0.1) is 5.10 Å². The third-order valence-corrected chi connectivity index (χ3v) is 10.4. The summed E-state index contributed by atoms with van der Waals surface area (Å²) in [5.41, 5.74) is 4.88. The van der Waals surface area contributed by atoms with Gasteiger partial charge in [0, 0.05) is 44.5 Å². The van der Waals surface area contributed by atoms with E-state index in [-0.39, 0.29) is 12.1 Å². The number of aliphatic hydroxyl groups is 1. The molecule has 55 heavy (non-hydrogen) atoms. The maximum absolute atomic E-state index is 12.0. The van der Waals surface area contributed by atoms with Crippen LogP contribution >= 0.6 is 0 Å². The minimum Gasteiger partial charge on any atom is -0.497 e. The lowest BCUT2D eigenvalue weighted by Crippen LogP contribution is -2.37. The number of methoxy groups -OCH3 is 2. The van der Waals surface area contributed by atoms with Crippen LogP contribution in [0.5, 0.6) is 17.5 Å². The summed E-state index contributed by atoms with van der Waals surface area (Å²) in [6, 6.07) is 18.4. The molecule has 2 aromatic carbocycles. The summed E-state index contributed by atoms with van der Waals surface area (Å²) in [6.07, 6.45) is 8.42. The predicted octanol–water partition coefficient (Wildman–Crippen LogP) is 7.26. The van der Waals surface area contributed by atoms with Crippen LogP contribution in [0.1, 0.15) is 86.4 Å². The number of nitrogens with zero attached hydrogens (tertiary/aromatic N) is 8. The van der Waals surface area contributed by atoms with Crippen molar-refractivity contribution in [2.75, 3.05) is 57.7 Å². The largest absolute Gasteiger partial charge is 0.497 e. The van der Waals surface area contributed by atoms with Crippen molar-refractivity contribution in [3.05, 3.63) is 94.9 Å². The number of piperidine rings is 1. The third kappa shape index (κ3) is 9.84. The fraction of sp³-hybridized carbons (Fsp3) is 0.488. The van der Waals surface area contributed by atoms with E-state index in [1.165, 1.54) is 0 Å². The number of imidazole rings is 1. The highest BCUT2D eigenvalue weighted by molar-refractivity contribution is 5.65. The quantitative estimate of drug-likeness (QED) is 0.0977. The van der Waals surface area contributed by atoms with Crippen molar-refractivity contribution in [1.82, 2.24) is 29.5 Å². The molecule has 0 saturated carbocycles. The van der Waals surface area contributed by atoms with Gasteiger partial charge in [-0.05, 0) is 99.6 Å². The Morgan fingerprint density at radius 1 is 0.855 bits per heavy atom. The molecule has 1 N–H and O–H groups in total. The minimum absolute atomic E-state index is 0.0406. The van der Waals surface area contributed by atoms with Gasteiger partial charge in [0.25, 0.3) is 0 Å². The number of aromatic nitrogens is 5.